The van der Waals surface area contributed by atoms with Crippen LogP contribution in [0.1, 0.15) is 68.8 Å². The third-order valence-electron chi connectivity index (χ3n) is 6.72. The second kappa shape index (κ2) is 10.2. The van der Waals surface area contributed by atoms with E-state index in [0.717, 1.165) is 32.4 Å². The first kappa shape index (κ1) is 21.8. The highest BCUT2D eigenvalue weighted by Crippen LogP contribution is 2.15. The standard InChI is InChI=1S/C24H37N3O2/c1-4-19-8-10-20(11-9-19)23(28)25-22(18(2)3)24(29)27-16-12-21(13-17-27)26-14-6-5-7-15-26/h8-11,18,21-22H,4-7,12-17H2,1-3H3,(H,25,28)/p+1/t22-/m1/s1. The highest BCUT2D eigenvalue weighted by molar-refractivity contribution is 5.97. The quantitative estimate of drug-likeness (QED) is 0.768. The predicted molar refractivity (Wildman–Crippen MR) is 116 cm³/mol. The van der Waals surface area contributed by atoms with Crippen LogP contribution in [0, 0.1) is 5.92 Å². The van der Waals surface area contributed by atoms with E-state index in [4.69, 9.17) is 0 Å². The number of amides is 2. The molecule has 0 bridgehead atoms. The van der Waals surface area contributed by atoms with Crippen molar-refractivity contribution in [3.05, 3.63) is 35.4 Å². The molecule has 5 nitrogen and oxygen atoms in total. The molecule has 2 aliphatic heterocycles. The summed E-state index contributed by atoms with van der Waals surface area (Å²) in [5.74, 6) is -0.0234. The summed E-state index contributed by atoms with van der Waals surface area (Å²) in [5, 5.41) is 3.01. The summed E-state index contributed by atoms with van der Waals surface area (Å²) in [7, 11) is 0. The van der Waals surface area contributed by atoms with Gasteiger partial charge in [0.2, 0.25) is 5.91 Å². The Morgan fingerprint density at radius 3 is 2.24 bits per heavy atom. The van der Waals surface area contributed by atoms with E-state index in [0.29, 0.717) is 11.6 Å². The number of benzene rings is 1. The molecule has 2 N–H and O–H groups in total. The molecule has 2 fully saturated rings. The number of nitrogens with zero attached hydrogens (tertiary/aromatic N) is 1. The number of hydrogen-bond acceptors (Lipinski definition) is 2. The van der Waals surface area contributed by atoms with E-state index >= 15 is 0 Å². The lowest BCUT2D eigenvalue weighted by molar-refractivity contribution is -0.931. The van der Waals surface area contributed by atoms with Crippen molar-refractivity contribution in [2.75, 3.05) is 26.2 Å². The fourth-order valence-corrected chi connectivity index (χ4v) is 4.75. The smallest absolute Gasteiger partial charge is 0.251 e. The number of nitrogens with one attached hydrogen (secondary N) is 2. The van der Waals surface area contributed by atoms with E-state index in [9.17, 15) is 9.59 Å². The molecule has 0 spiro atoms. The number of rotatable bonds is 6. The Hall–Kier alpha value is -1.88. The molecule has 3 rings (SSSR count). The van der Waals surface area contributed by atoms with Gasteiger partial charge in [-0.15, -0.1) is 0 Å². The van der Waals surface area contributed by atoms with Gasteiger partial charge in [-0.3, -0.25) is 9.59 Å². The van der Waals surface area contributed by atoms with Crippen LogP contribution in [0.2, 0.25) is 0 Å². The van der Waals surface area contributed by atoms with E-state index in [1.165, 1.54) is 37.9 Å². The number of carbonyl (C=O) groups is 2. The summed E-state index contributed by atoms with van der Waals surface area (Å²) in [6.45, 7) is 10.3. The van der Waals surface area contributed by atoms with Gasteiger partial charge in [0.05, 0.1) is 19.1 Å². The molecule has 1 atom stereocenters. The number of quaternary nitrogens is 1. The van der Waals surface area contributed by atoms with Gasteiger partial charge in [-0.2, -0.15) is 0 Å². The van der Waals surface area contributed by atoms with Crippen LogP contribution in [0.15, 0.2) is 24.3 Å². The molecule has 1 aromatic carbocycles. The number of aryl methyl sites for hydroxylation is 1. The molecule has 1 aromatic rings. The van der Waals surface area contributed by atoms with Crippen molar-refractivity contribution in [3.63, 3.8) is 0 Å². The summed E-state index contributed by atoms with van der Waals surface area (Å²) in [5.41, 5.74) is 1.82. The number of likely N-dealkylation sites (tertiary alicyclic amines) is 2. The van der Waals surface area contributed by atoms with Crippen molar-refractivity contribution in [2.45, 2.75) is 71.4 Å². The second-order valence-corrected chi connectivity index (χ2v) is 9.06. The Morgan fingerprint density at radius 2 is 1.69 bits per heavy atom. The van der Waals surface area contributed by atoms with Crippen LogP contribution in [0.5, 0.6) is 0 Å². The van der Waals surface area contributed by atoms with Gasteiger partial charge in [0.25, 0.3) is 5.91 Å². The zero-order valence-electron chi connectivity index (χ0n) is 18.4. The first-order valence-corrected chi connectivity index (χ1v) is 11.5. The van der Waals surface area contributed by atoms with Gasteiger partial charge in [0, 0.05) is 31.5 Å². The average molecular weight is 401 g/mol. The minimum Gasteiger partial charge on any atom is -0.340 e. The highest BCUT2D eigenvalue weighted by atomic mass is 16.2. The van der Waals surface area contributed by atoms with Gasteiger partial charge in [-0.1, -0.05) is 32.9 Å². The van der Waals surface area contributed by atoms with Crippen LogP contribution in [0.3, 0.4) is 0 Å². The summed E-state index contributed by atoms with van der Waals surface area (Å²) >= 11 is 0. The van der Waals surface area contributed by atoms with Crippen molar-refractivity contribution in [1.29, 1.82) is 0 Å². The number of hydrogen-bond donors (Lipinski definition) is 2. The average Bonchev–Trinajstić information content (AvgIpc) is 2.77. The lowest BCUT2D eigenvalue weighted by atomic mass is 9.97. The SMILES string of the molecule is CCc1ccc(C(=O)N[C@@H](C(=O)N2CCC([NH+]3CCCCC3)CC2)C(C)C)cc1. The van der Waals surface area contributed by atoms with E-state index < -0.39 is 6.04 Å². The summed E-state index contributed by atoms with van der Waals surface area (Å²) < 4.78 is 0. The summed E-state index contributed by atoms with van der Waals surface area (Å²) in [4.78, 5) is 29.6. The van der Waals surface area contributed by atoms with Crippen molar-refractivity contribution in [2.24, 2.45) is 5.92 Å². The molecule has 5 heteroatoms. The molecule has 2 heterocycles. The zero-order valence-corrected chi connectivity index (χ0v) is 18.4. The predicted octanol–water partition coefficient (Wildman–Crippen LogP) is 2.06. The maximum absolute atomic E-state index is 13.2. The van der Waals surface area contributed by atoms with Crippen molar-refractivity contribution in [3.8, 4) is 0 Å². The molecule has 0 aliphatic carbocycles. The minimum atomic E-state index is -0.466. The molecule has 29 heavy (non-hydrogen) atoms. The molecule has 2 amide bonds. The van der Waals surface area contributed by atoms with Gasteiger partial charge in [-0.05, 0) is 49.3 Å². The monoisotopic (exact) mass is 400 g/mol. The Kier molecular flexibility index (Phi) is 7.70. The van der Waals surface area contributed by atoms with Gasteiger partial charge in [-0.25, -0.2) is 0 Å². The Morgan fingerprint density at radius 1 is 1.07 bits per heavy atom. The highest BCUT2D eigenvalue weighted by Gasteiger charge is 2.34. The second-order valence-electron chi connectivity index (χ2n) is 9.06. The summed E-state index contributed by atoms with van der Waals surface area (Å²) in [6, 6.07) is 7.89. The normalized spacial score (nSPS) is 19.9. The van der Waals surface area contributed by atoms with Crippen LogP contribution in [0.4, 0.5) is 0 Å². The molecule has 0 saturated carbocycles. The first-order valence-electron chi connectivity index (χ1n) is 11.5. The number of carbonyl (C=O) groups excluding carboxylic acids is 2. The molecular weight excluding hydrogens is 362 g/mol. The van der Waals surface area contributed by atoms with E-state index in [-0.39, 0.29) is 17.7 Å². The van der Waals surface area contributed by atoms with Crippen LogP contribution in [-0.4, -0.2) is 55.0 Å². The van der Waals surface area contributed by atoms with Crippen LogP contribution in [-0.2, 0) is 11.2 Å². The van der Waals surface area contributed by atoms with Crippen molar-refractivity contribution < 1.29 is 14.5 Å². The minimum absolute atomic E-state index is 0.0619. The number of piperidine rings is 2. The van der Waals surface area contributed by atoms with Crippen molar-refractivity contribution in [1.82, 2.24) is 10.2 Å². The first-order chi connectivity index (χ1) is 14.0. The lowest BCUT2D eigenvalue weighted by Gasteiger charge is -2.39. The zero-order chi connectivity index (χ0) is 20.8. The molecular formula is C24H38N3O2+. The fourth-order valence-electron chi connectivity index (χ4n) is 4.75. The molecule has 0 unspecified atom stereocenters. The fraction of sp³-hybridized carbons (Fsp3) is 0.667. The molecule has 2 aliphatic rings. The largest absolute Gasteiger partial charge is 0.340 e. The van der Waals surface area contributed by atoms with Gasteiger partial charge in [0.15, 0.2) is 0 Å². The Labute approximate surface area is 175 Å². The van der Waals surface area contributed by atoms with E-state index in [2.05, 4.69) is 12.2 Å². The van der Waals surface area contributed by atoms with Gasteiger partial charge >= 0.3 is 0 Å². The van der Waals surface area contributed by atoms with Crippen LogP contribution in [0.25, 0.3) is 0 Å². The van der Waals surface area contributed by atoms with E-state index in [1.54, 1.807) is 4.90 Å². The van der Waals surface area contributed by atoms with E-state index in [1.807, 2.05) is 43.0 Å². The molecule has 160 valence electrons. The van der Waals surface area contributed by atoms with Crippen LogP contribution < -0.4 is 10.2 Å². The van der Waals surface area contributed by atoms with Gasteiger partial charge in [0.1, 0.15) is 6.04 Å². The molecule has 0 aromatic heterocycles. The maximum Gasteiger partial charge on any atom is 0.251 e. The third-order valence-corrected chi connectivity index (χ3v) is 6.72. The third kappa shape index (κ3) is 5.59. The lowest BCUT2D eigenvalue weighted by Crippen LogP contribution is -3.16. The van der Waals surface area contributed by atoms with Crippen molar-refractivity contribution >= 4 is 11.8 Å². The summed E-state index contributed by atoms with van der Waals surface area (Å²) in [6.07, 6.45) is 7.17. The topological polar surface area (TPSA) is 53.9 Å². The molecule has 0 radical (unpaired) electrons. The van der Waals surface area contributed by atoms with Crippen LogP contribution >= 0.6 is 0 Å². The van der Waals surface area contributed by atoms with Gasteiger partial charge < -0.3 is 15.1 Å². The Balaban J connectivity index is 1.57. The maximum atomic E-state index is 13.2. The molecule has 2 saturated heterocycles. The Bertz CT molecular complexity index is 672.